The van der Waals surface area contributed by atoms with Gasteiger partial charge in [0.15, 0.2) is 12.2 Å². The number of nitrogens with two attached hydrogens (primary N) is 1. The molecule has 9 heteroatoms. The number of aliphatic hydroxyl groups excluding tert-OH is 4. The summed E-state index contributed by atoms with van der Waals surface area (Å²) in [5, 5.41) is 47.4. The first-order chi connectivity index (χ1) is 11.8. The Morgan fingerprint density at radius 2 is 1.32 bits per heavy atom. The number of rotatable bonds is 5. The van der Waals surface area contributed by atoms with Gasteiger partial charge in [-0.2, -0.15) is 0 Å². The molecule has 0 bridgehead atoms. The standard InChI is InChI=1S/C15H13NO7.CH5N.7H2/c1-2-3-4-5-6-7-8-9-16-14(21)12(19)10(17)11(18)13(20)15(22)23;1-2;;;;;;;/h10-13,17-20H,1H3,(H,16,21)(H,22,23);2H2,1H3;7*1H/t10-,11-,12+,13-;;;;;;;;/m1......../s1. The highest BCUT2D eigenvalue weighted by molar-refractivity contribution is 5.83. The zero-order valence-electron chi connectivity index (χ0n) is 13.4. The highest BCUT2D eigenvalue weighted by Crippen LogP contribution is 2.05. The summed E-state index contributed by atoms with van der Waals surface area (Å²) in [7, 11) is 1.50. The zero-order chi connectivity index (χ0) is 19.8. The van der Waals surface area contributed by atoms with Crippen molar-refractivity contribution in [3.8, 4) is 47.5 Å². The second-order valence-corrected chi connectivity index (χ2v) is 3.82. The van der Waals surface area contributed by atoms with Crippen molar-refractivity contribution in [3.63, 3.8) is 0 Å². The molecular formula is C16H32N2O7. The van der Waals surface area contributed by atoms with Crippen LogP contribution < -0.4 is 11.1 Å². The van der Waals surface area contributed by atoms with Crippen LogP contribution in [0.5, 0.6) is 0 Å². The Hall–Kier alpha value is -3.02. The maximum Gasteiger partial charge on any atom is 0.335 e. The molecule has 0 aliphatic carbocycles. The van der Waals surface area contributed by atoms with E-state index in [1.54, 1.807) is 6.92 Å². The molecule has 0 aromatic carbocycles. The molecule has 0 aliphatic rings. The third-order valence-electron chi connectivity index (χ3n) is 2.20. The molecule has 9 nitrogen and oxygen atoms in total. The summed E-state index contributed by atoms with van der Waals surface area (Å²) in [4.78, 5) is 21.8. The van der Waals surface area contributed by atoms with E-state index in [2.05, 4.69) is 47.2 Å². The van der Waals surface area contributed by atoms with Crippen LogP contribution >= 0.6 is 0 Å². The molecule has 0 saturated heterocycles. The number of carboxylic acids is 1. The Morgan fingerprint density at radius 3 is 1.80 bits per heavy atom. The number of aliphatic carboxylic acids is 1. The lowest BCUT2D eigenvalue weighted by Gasteiger charge is -2.23. The molecule has 0 aromatic rings. The van der Waals surface area contributed by atoms with Gasteiger partial charge in [0.2, 0.25) is 0 Å². The fourth-order valence-corrected chi connectivity index (χ4v) is 1.06. The molecule has 0 spiro atoms. The molecule has 8 N–H and O–H groups in total. The second-order valence-electron chi connectivity index (χ2n) is 3.82. The molecule has 0 fully saturated rings. The molecule has 1 amide bonds. The van der Waals surface area contributed by atoms with Gasteiger partial charge in [-0.15, -0.1) is 0 Å². The van der Waals surface area contributed by atoms with Gasteiger partial charge in [-0.3, -0.25) is 10.1 Å². The minimum atomic E-state index is -2.37. The molecule has 0 aliphatic heterocycles. The van der Waals surface area contributed by atoms with Crippen molar-refractivity contribution in [3.05, 3.63) is 0 Å². The van der Waals surface area contributed by atoms with Gasteiger partial charge >= 0.3 is 5.97 Å². The van der Waals surface area contributed by atoms with Crippen LogP contribution in [0.3, 0.4) is 0 Å². The number of hydrogen-bond acceptors (Lipinski definition) is 7. The number of carbonyl (C=O) groups is 2. The van der Waals surface area contributed by atoms with Gasteiger partial charge in [0.05, 0.1) is 0 Å². The van der Waals surface area contributed by atoms with Crippen LogP contribution in [0.15, 0.2) is 0 Å². The number of nitrogens with one attached hydrogen (secondary N) is 1. The molecule has 148 valence electrons. The summed E-state index contributed by atoms with van der Waals surface area (Å²) < 4.78 is 0. The molecule has 4 atom stereocenters. The van der Waals surface area contributed by atoms with E-state index in [1.165, 1.54) is 7.05 Å². The number of carboxylic acid groups (broad SMARTS) is 1. The first-order valence-corrected chi connectivity index (χ1v) is 6.57. The summed E-state index contributed by atoms with van der Waals surface area (Å²) in [5.41, 5.74) is 4.50. The molecular weight excluding hydrogens is 332 g/mol. The van der Waals surface area contributed by atoms with Gasteiger partial charge in [-0.1, -0.05) is 5.92 Å². The van der Waals surface area contributed by atoms with Crippen LogP contribution in [-0.4, -0.2) is 68.9 Å². The molecule has 0 saturated carbocycles. The Bertz CT molecular complexity index is 713. The Labute approximate surface area is 155 Å². The van der Waals surface area contributed by atoms with Gasteiger partial charge in [0, 0.05) is 33.8 Å². The van der Waals surface area contributed by atoms with Crippen molar-refractivity contribution >= 4 is 11.9 Å². The lowest BCUT2D eigenvalue weighted by atomic mass is 10.0. The Kier molecular flexibility index (Phi) is 14.1. The molecule has 0 rings (SSSR count). The maximum absolute atomic E-state index is 11.4. The van der Waals surface area contributed by atoms with Crippen LogP contribution in [-0.2, 0) is 9.59 Å². The van der Waals surface area contributed by atoms with Crippen LogP contribution in [0.2, 0.25) is 0 Å². The Balaban J connectivity index is -0.0000000814. The number of carbonyl (C=O) groups excluding carboxylic acids is 1. The van der Waals surface area contributed by atoms with Gasteiger partial charge in [-0.05, 0) is 31.7 Å². The van der Waals surface area contributed by atoms with Crippen molar-refractivity contribution in [1.29, 1.82) is 0 Å². The lowest BCUT2D eigenvalue weighted by molar-refractivity contribution is -0.166. The molecule has 0 unspecified atom stereocenters. The molecule has 0 aromatic heterocycles. The zero-order valence-corrected chi connectivity index (χ0v) is 13.4. The predicted octanol–water partition coefficient (Wildman–Crippen LogP) is -2.08. The van der Waals surface area contributed by atoms with E-state index in [-0.39, 0.29) is 9.99 Å². The average molecular weight is 364 g/mol. The molecule has 0 heterocycles. The third kappa shape index (κ3) is 10.4. The summed E-state index contributed by atoms with van der Waals surface area (Å²) in [6, 6.07) is 2.04. The number of hydrogen-bond donors (Lipinski definition) is 7. The van der Waals surface area contributed by atoms with Gasteiger partial charge in [-0.25, -0.2) is 4.79 Å². The normalized spacial score (nSPS) is 12.8. The largest absolute Gasteiger partial charge is 0.479 e. The van der Waals surface area contributed by atoms with Crippen molar-refractivity contribution in [1.82, 2.24) is 5.32 Å². The maximum atomic E-state index is 11.4. The van der Waals surface area contributed by atoms with Gasteiger partial charge in [0.25, 0.3) is 5.91 Å². The van der Waals surface area contributed by atoms with Crippen molar-refractivity contribution in [2.75, 3.05) is 7.05 Å². The summed E-state index contributed by atoms with van der Waals surface area (Å²) >= 11 is 0. The quantitative estimate of drug-likeness (QED) is 0.215. The fraction of sp³-hybridized carbons (Fsp3) is 0.375. The number of aliphatic hydroxyl groups is 4. The first-order valence-electron chi connectivity index (χ1n) is 6.57. The lowest BCUT2D eigenvalue weighted by Crippen LogP contribution is -2.52. The fourth-order valence-electron chi connectivity index (χ4n) is 1.06. The van der Waals surface area contributed by atoms with Crippen LogP contribution in [0.1, 0.15) is 16.9 Å². The predicted molar refractivity (Wildman–Crippen MR) is 101 cm³/mol. The van der Waals surface area contributed by atoms with Gasteiger partial charge < -0.3 is 31.3 Å². The molecule has 25 heavy (non-hydrogen) atoms. The van der Waals surface area contributed by atoms with E-state index in [4.69, 9.17) is 10.2 Å². The van der Waals surface area contributed by atoms with Crippen molar-refractivity contribution in [2.45, 2.75) is 31.3 Å². The molecule has 0 radical (unpaired) electrons. The second kappa shape index (κ2) is 14.6. The van der Waals surface area contributed by atoms with Crippen LogP contribution in [0.25, 0.3) is 0 Å². The third-order valence-corrected chi connectivity index (χ3v) is 2.20. The smallest absolute Gasteiger partial charge is 0.335 e. The average Bonchev–Trinajstić information content (AvgIpc) is 2.62. The topological polar surface area (TPSA) is 173 Å². The van der Waals surface area contributed by atoms with E-state index in [0.717, 1.165) is 0 Å². The minimum absolute atomic E-state index is 0. The SMILES string of the molecule is CC#CC#CC#CC#CNC(=O)[C@@H](O)[C@H](O)[C@@H](O)[C@@H](O)C(=O)O.CN.[HH].[HH].[HH].[HH].[HH].[HH].[HH]. The first kappa shape index (κ1) is 24.2. The summed E-state index contributed by atoms with van der Waals surface area (Å²) in [6.45, 7) is 1.60. The van der Waals surface area contributed by atoms with E-state index < -0.39 is 36.3 Å². The van der Waals surface area contributed by atoms with E-state index >= 15 is 0 Å². The van der Waals surface area contributed by atoms with Crippen molar-refractivity contribution in [2.24, 2.45) is 5.73 Å². The monoisotopic (exact) mass is 364 g/mol. The highest BCUT2D eigenvalue weighted by atomic mass is 16.4. The van der Waals surface area contributed by atoms with Crippen molar-refractivity contribution < 1.29 is 45.1 Å². The highest BCUT2D eigenvalue weighted by Gasteiger charge is 2.37. The summed E-state index contributed by atoms with van der Waals surface area (Å²) in [6.07, 6.45) is -9.07. The van der Waals surface area contributed by atoms with Crippen LogP contribution in [0.4, 0.5) is 0 Å². The van der Waals surface area contributed by atoms with E-state index in [9.17, 15) is 24.9 Å². The van der Waals surface area contributed by atoms with Gasteiger partial charge in [0.1, 0.15) is 12.2 Å². The minimum Gasteiger partial charge on any atom is -0.479 e. The van der Waals surface area contributed by atoms with E-state index in [0.29, 0.717) is 0 Å². The van der Waals surface area contributed by atoms with E-state index in [1.807, 2.05) is 11.4 Å². The van der Waals surface area contributed by atoms with Crippen LogP contribution in [0, 0.1) is 47.5 Å². The number of amides is 1. The summed E-state index contributed by atoms with van der Waals surface area (Å²) in [5.74, 6) is 13.4. The Morgan fingerprint density at radius 1 is 0.880 bits per heavy atom.